The number of hydrogen-bond donors (Lipinski definition) is 1. The molecule has 2 amide bonds. The molecule has 0 saturated carbocycles. The van der Waals surface area contributed by atoms with Gasteiger partial charge in [0.15, 0.2) is 16.6 Å². The largest absolute Gasteiger partial charge is 0.493 e. The smallest absolute Gasteiger partial charge is 0.257 e. The summed E-state index contributed by atoms with van der Waals surface area (Å²) in [7, 11) is 3.06. The summed E-state index contributed by atoms with van der Waals surface area (Å²) in [5.41, 5.74) is 1.11. The number of nitrogens with one attached hydrogen (secondary N) is 1. The Morgan fingerprint density at radius 3 is 2.79 bits per heavy atom. The van der Waals surface area contributed by atoms with Crippen molar-refractivity contribution in [1.82, 2.24) is 9.88 Å². The average Bonchev–Trinajstić information content (AvgIpc) is 3.13. The third-order valence-electron chi connectivity index (χ3n) is 4.76. The first-order valence-corrected chi connectivity index (χ1v) is 10.1. The number of carbonyl (C=O) groups is 2. The van der Waals surface area contributed by atoms with Gasteiger partial charge < -0.3 is 14.4 Å². The van der Waals surface area contributed by atoms with Crippen LogP contribution in [0.2, 0.25) is 0 Å². The van der Waals surface area contributed by atoms with E-state index in [1.54, 1.807) is 25.3 Å². The molecule has 0 radical (unpaired) electrons. The van der Waals surface area contributed by atoms with Crippen LogP contribution in [-0.4, -0.2) is 49.0 Å². The standard InChI is InChI=1S/C20H25N3O4S/c1-13-5-4-8-23(11-13)18(24)10-15-12-28-20(21-15)22-19(25)14-6-7-16(26-2)17(9-14)27-3/h6-7,9,12-13H,4-5,8,10-11H2,1-3H3,(H,21,22,25). The Morgan fingerprint density at radius 2 is 2.07 bits per heavy atom. The molecule has 1 fully saturated rings. The van der Waals surface area contributed by atoms with Gasteiger partial charge in [0.2, 0.25) is 5.91 Å². The molecule has 1 aliphatic rings. The number of methoxy groups -OCH3 is 2. The van der Waals surface area contributed by atoms with Crippen molar-refractivity contribution in [2.45, 2.75) is 26.2 Å². The molecule has 1 aromatic heterocycles. The Hall–Kier alpha value is -2.61. The summed E-state index contributed by atoms with van der Waals surface area (Å²) >= 11 is 1.31. The summed E-state index contributed by atoms with van der Waals surface area (Å²) in [6.45, 7) is 3.80. The summed E-state index contributed by atoms with van der Waals surface area (Å²) in [5, 5.41) is 5.06. The first kappa shape index (κ1) is 20.1. The maximum absolute atomic E-state index is 12.5. The molecule has 0 aliphatic carbocycles. The van der Waals surface area contributed by atoms with Gasteiger partial charge in [0, 0.05) is 24.0 Å². The van der Waals surface area contributed by atoms with Crippen molar-refractivity contribution < 1.29 is 19.1 Å². The number of piperidine rings is 1. The van der Waals surface area contributed by atoms with E-state index in [-0.39, 0.29) is 18.2 Å². The van der Waals surface area contributed by atoms with Gasteiger partial charge in [-0.1, -0.05) is 6.92 Å². The van der Waals surface area contributed by atoms with Gasteiger partial charge >= 0.3 is 0 Å². The van der Waals surface area contributed by atoms with Crippen molar-refractivity contribution in [2.75, 3.05) is 32.6 Å². The zero-order valence-electron chi connectivity index (χ0n) is 16.4. The molecule has 8 heteroatoms. The highest BCUT2D eigenvalue weighted by Gasteiger charge is 2.22. The molecule has 2 aromatic rings. The van der Waals surface area contributed by atoms with Crippen LogP contribution in [0.25, 0.3) is 0 Å². The lowest BCUT2D eigenvalue weighted by Gasteiger charge is -2.30. The molecule has 7 nitrogen and oxygen atoms in total. The summed E-state index contributed by atoms with van der Waals surface area (Å²) in [4.78, 5) is 31.3. The zero-order chi connectivity index (χ0) is 20.1. The van der Waals surface area contributed by atoms with Gasteiger partial charge in [0.05, 0.1) is 26.3 Å². The molecular formula is C20H25N3O4S. The Bertz CT molecular complexity index is 852. The number of likely N-dealkylation sites (tertiary alicyclic amines) is 1. The molecular weight excluding hydrogens is 378 g/mol. The quantitative estimate of drug-likeness (QED) is 0.801. The second-order valence-electron chi connectivity index (χ2n) is 6.93. The number of ether oxygens (including phenoxy) is 2. The van der Waals surface area contributed by atoms with Crippen LogP contribution in [0, 0.1) is 5.92 Å². The highest BCUT2D eigenvalue weighted by molar-refractivity contribution is 7.14. The van der Waals surface area contributed by atoms with Crippen LogP contribution in [0.15, 0.2) is 23.6 Å². The molecule has 150 valence electrons. The molecule has 3 rings (SSSR count). The van der Waals surface area contributed by atoms with Crippen LogP contribution in [0.4, 0.5) is 5.13 Å². The van der Waals surface area contributed by atoms with Crippen molar-refractivity contribution in [3.05, 3.63) is 34.8 Å². The number of anilines is 1. The van der Waals surface area contributed by atoms with E-state index in [0.29, 0.717) is 33.8 Å². The van der Waals surface area contributed by atoms with E-state index in [2.05, 4.69) is 17.2 Å². The van der Waals surface area contributed by atoms with E-state index in [9.17, 15) is 9.59 Å². The lowest BCUT2D eigenvalue weighted by molar-refractivity contribution is -0.132. The molecule has 28 heavy (non-hydrogen) atoms. The number of amides is 2. The van der Waals surface area contributed by atoms with E-state index >= 15 is 0 Å². The Kier molecular flexibility index (Phi) is 6.51. The Morgan fingerprint density at radius 1 is 1.29 bits per heavy atom. The highest BCUT2D eigenvalue weighted by atomic mass is 32.1. The fraction of sp³-hybridized carbons (Fsp3) is 0.450. The second kappa shape index (κ2) is 9.05. The number of benzene rings is 1. The van der Waals surface area contributed by atoms with Gasteiger partial charge in [-0.25, -0.2) is 4.98 Å². The molecule has 1 saturated heterocycles. The fourth-order valence-corrected chi connectivity index (χ4v) is 3.98. The molecule has 2 heterocycles. The molecule has 0 bridgehead atoms. The summed E-state index contributed by atoms with van der Waals surface area (Å²) in [6, 6.07) is 4.95. The molecule has 1 N–H and O–H groups in total. The van der Waals surface area contributed by atoms with Crippen molar-refractivity contribution in [1.29, 1.82) is 0 Å². The minimum atomic E-state index is -0.293. The average molecular weight is 404 g/mol. The number of rotatable bonds is 6. The number of aromatic nitrogens is 1. The van der Waals surface area contributed by atoms with Crippen LogP contribution in [0.5, 0.6) is 11.5 Å². The van der Waals surface area contributed by atoms with Crippen LogP contribution >= 0.6 is 11.3 Å². The van der Waals surface area contributed by atoms with Crippen LogP contribution in [0.3, 0.4) is 0 Å². The van der Waals surface area contributed by atoms with Crippen LogP contribution < -0.4 is 14.8 Å². The fourth-order valence-electron chi connectivity index (χ4n) is 3.27. The summed E-state index contributed by atoms with van der Waals surface area (Å²) in [6.07, 6.45) is 2.48. The van der Waals surface area contributed by atoms with Gasteiger partial charge in [-0.2, -0.15) is 0 Å². The molecule has 1 unspecified atom stereocenters. The normalized spacial score (nSPS) is 16.5. The lowest BCUT2D eigenvalue weighted by Crippen LogP contribution is -2.39. The minimum absolute atomic E-state index is 0.0922. The molecule has 1 aromatic carbocycles. The number of thiazole rings is 1. The van der Waals surface area contributed by atoms with Crippen molar-refractivity contribution in [3.63, 3.8) is 0 Å². The van der Waals surface area contributed by atoms with Gasteiger partial charge in [-0.15, -0.1) is 11.3 Å². The van der Waals surface area contributed by atoms with Gasteiger partial charge in [0.1, 0.15) is 0 Å². The van der Waals surface area contributed by atoms with Gasteiger partial charge in [-0.05, 0) is 37.0 Å². The van der Waals surface area contributed by atoms with Gasteiger partial charge in [0.25, 0.3) is 5.91 Å². The Labute approximate surface area is 168 Å². The topological polar surface area (TPSA) is 80.8 Å². The highest BCUT2D eigenvalue weighted by Crippen LogP contribution is 2.28. The van der Waals surface area contributed by atoms with E-state index < -0.39 is 0 Å². The van der Waals surface area contributed by atoms with E-state index in [1.165, 1.54) is 24.9 Å². The van der Waals surface area contributed by atoms with Crippen molar-refractivity contribution in [3.8, 4) is 11.5 Å². The van der Waals surface area contributed by atoms with E-state index in [0.717, 1.165) is 19.5 Å². The van der Waals surface area contributed by atoms with Gasteiger partial charge in [-0.3, -0.25) is 14.9 Å². The molecule has 1 atom stereocenters. The number of carbonyl (C=O) groups excluding carboxylic acids is 2. The van der Waals surface area contributed by atoms with Crippen molar-refractivity contribution in [2.24, 2.45) is 5.92 Å². The first-order valence-electron chi connectivity index (χ1n) is 9.25. The monoisotopic (exact) mass is 403 g/mol. The number of nitrogens with zero attached hydrogens (tertiary/aromatic N) is 2. The number of hydrogen-bond acceptors (Lipinski definition) is 6. The van der Waals surface area contributed by atoms with E-state index in [4.69, 9.17) is 9.47 Å². The van der Waals surface area contributed by atoms with Crippen LogP contribution in [-0.2, 0) is 11.2 Å². The first-order chi connectivity index (χ1) is 13.5. The maximum atomic E-state index is 12.5. The van der Waals surface area contributed by atoms with E-state index in [1.807, 2.05) is 10.3 Å². The zero-order valence-corrected chi connectivity index (χ0v) is 17.2. The second-order valence-corrected chi connectivity index (χ2v) is 7.79. The molecule has 1 aliphatic heterocycles. The predicted molar refractivity (Wildman–Crippen MR) is 108 cm³/mol. The third kappa shape index (κ3) is 4.81. The van der Waals surface area contributed by atoms with Crippen LogP contribution in [0.1, 0.15) is 35.8 Å². The predicted octanol–water partition coefficient (Wildman–Crippen LogP) is 3.21. The van der Waals surface area contributed by atoms with Crippen molar-refractivity contribution >= 4 is 28.3 Å². The minimum Gasteiger partial charge on any atom is -0.493 e. The molecule has 0 spiro atoms. The summed E-state index contributed by atoms with van der Waals surface area (Å²) in [5.74, 6) is 1.38. The third-order valence-corrected chi connectivity index (χ3v) is 5.57. The SMILES string of the molecule is COc1ccc(C(=O)Nc2nc(CC(=O)N3CCCC(C)C3)cs2)cc1OC. The summed E-state index contributed by atoms with van der Waals surface area (Å²) < 4.78 is 10.4. The maximum Gasteiger partial charge on any atom is 0.257 e. The lowest BCUT2D eigenvalue weighted by atomic mass is 10.00. The Balaban J connectivity index is 1.61.